The van der Waals surface area contributed by atoms with E-state index in [0.29, 0.717) is 5.56 Å². The topological polar surface area (TPSA) is 34.1 Å². The van der Waals surface area contributed by atoms with Crippen molar-refractivity contribution in [2.45, 2.75) is 53.1 Å². The van der Waals surface area contributed by atoms with Crippen LogP contribution in [0.3, 0.4) is 0 Å². The SMILES string of the molecule is CCCC(P=O)c1ccccc1C(=O)c1c(C)cc(C)c(C)c1C. The summed E-state index contributed by atoms with van der Waals surface area (Å²) >= 11 is 0. The second kappa shape index (κ2) is 7.85. The number of hydrogen-bond acceptors (Lipinski definition) is 2. The molecule has 0 saturated carbocycles. The highest BCUT2D eigenvalue weighted by Crippen LogP contribution is 2.35. The Hall–Kier alpha value is -1.79. The molecule has 1 unspecified atom stereocenters. The summed E-state index contributed by atoms with van der Waals surface area (Å²) in [7, 11) is 0.0770. The average molecular weight is 340 g/mol. The fourth-order valence-electron chi connectivity index (χ4n) is 3.30. The molecule has 2 aromatic carbocycles. The van der Waals surface area contributed by atoms with Crippen molar-refractivity contribution in [3.63, 3.8) is 0 Å². The van der Waals surface area contributed by atoms with Gasteiger partial charge in [-0.25, -0.2) is 0 Å². The number of aryl methyl sites for hydroxylation is 2. The number of hydrogen-bond donors (Lipinski definition) is 0. The van der Waals surface area contributed by atoms with Crippen LogP contribution in [0.2, 0.25) is 0 Å². The van der Waals surface area contributed by atoms with Crippen LogP contribution in [0.1, 0.15) is 69.2 Å². The lowest BCUT2D eigenvalue weighted by Crippen LogP contribution is -2.11. The van der Waals surface area contributed by atoms with Crippen LogP contribution in [-0.2, 0) is 4.57 Å². The summed E-state index contributed by atoms with van der Waals surface area (Å²) in [6, 6.07) is 9.67. The van der Waals surface area contributed by atoms with Crippen molar-refractivity contribution in [3.8, 4) is 0 Å². The zero-order valence-corrected chi connectivity index (χ0v) is 16.0. The highest BCUT2D eigenvalue weighted by Gasteiger charge is 2.23. The van der Waals surface area contributed by atoms with E-state index >= 15 is 0 Å². The molecule has 0 aromatic heterocycles. The fourth-order valence-corrected chi connectivity index (χ4v) is 4.00. The number of ketones is 1. The van der Waals surface area contributed by atoms with E-state index in [4.69, 9.17) is 0 Å². The molecule has 0 aliphatic heterocycles. The maximum Gasteiger partial charge on any atom is 0.193 e. The predicted octanol–water partition coefficient (Wildman–Crippen LogP) is 6.28. The van der Waals surface area contributed by atoms with Crippen molar-refractivity contribution in [3.05, 3.63) is 69.3 Å². The second-order valence-corrected chi connectivity index (χ2v) is 7.30. The molecular weight excluding hydrogens is 315 g/mol. The number of carbonyl (C=O) groups excluding carboxylic acids is 1. The second-order valence-electron chi connectivity index (χ2n) is 6.46. The van der Waals surface area contributed by atoms with Gasteiger partial charge in [0, 0.05) is 11.1 Å². The van der Waals surface area contributed by atoms with Crippen molar-refractivity contribution < 1.29 is 9.36 Å². The summed E-state index contributed by atoms with van der Waals surface area (Å²) in [5.41, 5.74) is 6.63. The molecule has 0 aliphatic carbocycles. The van der Waals surface area contributed by atoms with Crippen LogP contribution in [0.15, 0.2) is 30.3 Å². The van der Waals surface area contributed by atoms with Gasteiger partial charge in [0.05, 0.1) is 5.66 Å². The molecule has 0 aliphatic rings. The van der Waals surface area contributed by atoms with Crippen LogP contribution in [-0.4, -0.2) is 5.78 Å². The minimum Gasteiger partial charge on any atom is -0.289 e. The third kappa shape index (κ3) is 3.49. The van der Waals surface area contributed by atoms with Crippen molar-refractivity contribution in [2.75, 3.05) is 0 Å². The lowest BCUT2D eigenvalue weighted by Gasteiger charge is -2.17. The smallest absolute Gasteiger partial charge is 0.193 e. The van der Waals surface area contributed by atoms with E-state index in [1.165, 1.54) is 5.56 Å². The van der Waals surface area contributed by atoms with Gasteiger partial charge in [0.15, 0.2) is 14.2 Å². The summed E-state index contributed by atoms with van der Waals surface area (Å²) in [6.45, 7) is 10.2. The predicted molar refractivity (Wildman–Crippen MR) is 101 cm³/mol. The minimum absolute atomic E-state index is 0.0356. The van der Waals surface area contributed by atoms with Gasteiger partial charge in [0.2, 0.25) is 0 Å². The van der Waals surface area contributed by atoms with Crippen molar-refractivity contribution >= 4 is 14.2 Å². The Bertz CT molecular complexity index is 778. The minimum atomic E-state index is -0.123. The number of benzene rings is 2. The van der Waals surface area contributed by atoms with Crippen molar-refractivity contribution in [1.29, 1.82) is 0 Å². The first-order valence-corrected chi connectivity index (χ1v) is 9.34. The average Bonchev–Trinajstić information content (AvgIpc) is 2.57. The van der Waals surface area contributed by atoms with Gasteiger partial charge >= 0.3 is 0 Å². The Morgan fingerprint density at radius 2 is 1.71 bits per heavy atom. The summed E-state index contributed by atoms with van der Waals surface area (Å²) in [5.74, 6) is 0.0356. The van der Waals surface area contributed by atoms with Crippen LogP contribution in [0, 0.1) is 27.7 Å². The molecule has 2 rings (SSSR count). The molecule has 2 aromatic rings. The first-order valence-electron chi connectivity index (χ1n) is 8.45. The molecule has 0 fully saturated rings. The maximum absolute atomic E-state index is 13.3. The fraction of sp³-hybridized carbons (Fsp3) is 0.381. The van der Waals surface area contributed by atoms with Gasteiger partial charge in [-0.1, -0.05) is 43.7 Å². The summed E-state index contributed by atoms with van der Waals surface area (Å²) < 4.78 is 11.6. The van der Waals surface area contributed by atoms with Crippen LogP contribution >= 0.6 is 8.46 Å². The van der Waals surface area contributed by atoms with E-state index < -0.39 is 0 Å². The first kappa shape index (κ1) is 18.5. The molecule has 0 saturated heterocycles. The van der Waals surface area contributed by atoms with Crippen LogP contribution in [0.25, 0.3) is 0 Å². The van der Waals surface area contributed by atoms with Gasteiger partial charge in [-0.05, 0) is 61.9 Å². The van der Waals surface area contributed by atoms with Crippen molar-refractivity contribution in [2.24, 2.45) is 0 Å². The molecule has 126 valence electrons. The lowest BCUT2D eigenvalue weighted by molar-refractivity contribution is 0.103. The highest BCUT2D eigenvalue weighted by atomic mass is 31.1. The Balaban J connectivity index is 2.60. The molecule has 3 heteroatoms. The maximum atomic E-state index is 13.3. The quantitative estimate of drug-likeness (QED) is 0.458. The van der Waals surface area contributed by atoms with E-state index in [1.807, 2.05) is 38.1 Å². The highest BCUT2D eigenvalue weighted by molar-refractivity contribution is 7.24. The van der Waals surface area contributed by atoms with Gasteiger partial charge in [0.25, 0.3) is 0 Å². The van der Waals surface area contributed by atoms with Crippen LogP contribution in [0.5, 0.6) is 0 Å². The zero-order chi connectivity index (χ0) is 17.9. The van der Waals surface area contributed by atoms with E-state index in [-0.39, 0.29) is 19.9 Å². The van der Waals surface area contributed by atoms with E-state index in [0.717, 1.165) is 40.7 Å². The van der Waals surface area contributed by atoms with Gasteiger partial charge < -0.3 is 0 Å². The first-order chi connectivity index (χ1) is 11.4. The van der Waals surface area contributed by atoms with Crippen molar-refractivity contribution in [1.82, 2.24) is 0 Å². The third-order valence-electron chi connectivity index (χ3n) is 4.84. The number of rotatable bonds is 6. The standard InChI is InChI=1S/C21H25O2P/c1-6-9-19(24-23)17-10-7-8-11-18(17)21(22)20-14(3)12-13(2)15(4)16(20)5/h7-8,10-12,19H,6,9H2,1-5H3. The molecule has 0 bridgehead atoms. The Morgan fingerprint density at radius 3 is 2.33 bits per heavy atom. The summed E-state index contributed by atoms with van der Waals surface area (Å²) in [5, 5.41) is 0. The molecule has 0 radical (unpaired) electrons. The third-order valence-corrected chi connectivity index (χ3v) is 5.63. The Kier molecular flexibility index (Phi) is 6.07. The molecule has 0 heterocycles. The van der Waals surface area contributed by atoms with Gasteiger partial charge in [-0.3, -0.25) is 9.36 Å². The molecule has 24 heavy (non-hydrogen) atoms. The molecule has 0 N–H and O–H groups in total. The molecular formula is C21H25O2P. The van der Waals surface area contributed by atoms with Gasteiger partial charge in [-0.2, -0.15) is 0 Å². The zero-order valence-electron chi connectivity index (χ0n) is 15.1. The largest absolute Gasteiger partial charge is 0.289 e. The van der Waals surface area contributed by atoms with Gasteiger partial charge in [-0.15, -0.1) is 0 Å². The number of carbonyl (C=O) groups is 1. The summed E-state index contributed by atoms with van der Waals surface area (Å²) in [6.07, 6.45) is 1.74. The molecule has 0 amide bonds. The summed E-state index contributed by atoms with van der Waals surface area (Å²) in [4.78, 5) is 13.3. The Labute approximate surface area is 146 Å². The molecule has 2 nitrogen and oxygen atoms in total. The van der Waals surface area contributed by atoms with Crippen LogP contribution < -0.4 is 0 Å². The monoisotopic (exact) mass is 340 g/mol. The van der Waals surface area contributed by atoms with Gasteiger partial charge in [0.1, 0.15) is 0 Å². The van der Waals surface area contributed by atoms with E-state index in [2.05, 4.69) is 26.8 Å². The normalized spacial score (nSPS) is 12.4. The van der Waals surface area contributed by atoms with Crippen LogP contribution in [0.4, 0.5) is 0 Å². The molecule has 1 atom stereocenters. The Morgan fingerprint density at radius 1 is 1.04 bits per heavy atom. The van der Waals surface area contributed by atoms with E-state index in [9.17, 15) is 9.36 Å². The lowest BCUT2D eigenvalue weighted by atomic mass is 9.87. The molecule has 0 spiro atoms. The van der Waals surface area contributed by atoms with E-state index in [1.54, 1.807) is 0 Å².